The Morgan fingerprint density at radius 1 is 1.15 bits per heavy atom. The van der Waals surface area contributed by atoms with Crippen molar-refractivity contribution in [3.05, 3.63) is 64.1 Å². The van der Waals surface area contributed by atoms with Gasteiger partial charge in [-0.05, 0) is 43.2 Å². The maximum atomic E-state index is 5.73. The normalized spacial score (nSPS) is 12.2. The molecule has 1 N–H and O–H groups in total. The zero-order chi connectivity index (χ0) is 14.4. The molecule has 1 atom stereocenters. The van der Waals surface area contributed by atoms with Gasteiger partial charge in [0.25, 0.3) is 0 Å². The summed E-state index contributed by atoms with van der Waals surface area (Å²) in [5, 5.41) is 3.47. The van der Waals surface area contributed by atoms with E-state index in [4.69, 9.17) is 4.74 Å². The molecule has 0 amide bonds. The van der Waals surface area contributed by atoms with E-state index in [1.54, 1.807) is 0 Å². The van der Waals surface area contributed by atoms with Crippen LogP contribution in [0.4, 0.5) is 0 Å². The van der Waals surface area contributed by atoms with Crippen molar-refractivity contribution < 1.29 is 4.74 Å². The molecule has 106 valence electrons. The van der Waals surface area contributed by atoms with Crippen LogP contribution in [-0.2, 0) is 0 Å². The summed E-state index contributed by atoms with van der Waals surface area (Å²) in [5.41, 5.74) is 2.49. The molecule has 0 saturated carbocycles. The number of halogens is 1. The van der Waals surface area contributed by atoms with Crippen molar-refractivity contribution in [1.29, 1.82) is 0 Å². The molecular formula is C17H20BrNO. The average molecular weight is 334 g/mol. The Morgan fingerprint density at radius 2 is 1.95 bits per heavy atom. The van der Waals surface area contributed by atoms with Gasteiger partial charge in [-0.15, -0.1) is 0 Å². The van der Waals surface area contributed by atoms with Gasteiger partial charge < -0.3 is 10.1 Å². The quantitative estimate of drug-likeness (QED) is 0.786. The molecule has 2 nitrogen and oxygen atoms in total. The van der Waals surface area contributed by atoms with E-state index in [0.29, 0.717) is 12.6 Å². The van der Waals surface area contributed by atoms with E-state index in [0.717, 1.165) is 16.8 Å². The highest BCUT2D eigenvalue weighted by atomic mass is 79.9. The molecule has 0 saturated heterocycles. The lowest BCUT2D eigenvalue weighted by Crippen LogP contribution is -2.24. The molecule has 0 aliphatic rings. The third-order valence-corrected chi connectivity index (χ3v) is 3.90. The van der Waals surface area contributed by atoms with Crippen molar-refractivity contribution in [3.8, 4) is 5.75 Å². The van der Waals surface area contributed by atoms with E-state index in [2.05, 4.69) is 65.4 Å². The van der Waals surface area contributed by atoms with Gasteiger partial charge >= 0.3 is 0 Å². The summed E-state index contributed by atoms with van der Waals surface area (Å²) in [6.07, 6.45) is 0. The molecular weight excluding hydrogens is 314 g/mol. The molecule has 2 aromatic carbocycles. The number of ether oxygens (including phenoxy) is 1. The first-order chi connectivity index (χ1) is 9.66. The van der Waals surface area contributed by atoms with Gasteiger partial charge in [0.2, 0.25) is 0 Å². The second-order valence-electron chi connectivity index (χ2n) is 4.86. The molecule has 0 heterocycles. The Balaban J connectivity index is 1.77. The predicted octanol–water partition coefficient (Wildman–Crippen LogP) is 4.49. The van der Waals surface area contributed by atoms with Crippen LogP contribution in [0.1, 0.15) is 24.1 Å². The Morgan fingerprint density at radius 3 is 2.70 bits per heavy atom. The van der Waals surface area contributed by atoms with Crippen LogP contribution >= 0.6 is 15.9 Å². The van der Waals surface area contributed by atoms with Crippen molar-refractivity contribution in [2.45, 2.75) is 19.9 Å². The number of aryl methyl sites for hydroxylation is 1. The SMILES string of the molecule is Cc1cccc(OCCNC(C)c2ccccc2Br)c1. The third-order valence-electron chi connectivity index (χ3n) is 3.18. The summed E-state index contributed by atoms with van der Waals surface area (Å²) >= 11 is 3.58. The van der Waals surface area contributed by atoms with Crippen LogP contribution in [0.15, 0.2) is 53.0 Å². The molecule has 0 aliphatic heterocycles. The minimum absolute atomic E-state index is 0.298. The van der Waals surface area contributed by atoms with E-state index < -0.39 is 0 Å². The fourth-order valence-corrected chi connectivity index (χ4v) is 2.71. The van der Waals surface area contributed by atoms with Gasteiger partial charge in [-0.3, -0.25) is 0 Å². The van der Waals surface area contributed by atoms with Crippen LogP contribution in [-0.4, -0.2) is 13.2 Å². The Kier molecular flexibility index (Phi) is 5.62. The van der Waals surface area contributed by atoms with Gasteiger partial charge in [0, 0.05) is 17.1 Å². The van der Waals surface area contributed by atoms with E-state index in [1.807, 2.05) is 18.2 Å². The van der Waals surface area contributed by atoms with E-state index >= 15 is 0 Å². The molecule has 0 radical (unpaired) electrons. The zero-order valence-corrected chi connectivity index (χ0v) is 13.5. The topological polar surface area (TPSA) is 21.3 Å². The molecule has 0 aromatic heterocycles. The minimum Gasteiger partial charge on any atom is -0.492 e. The summed E-state index contributed by atoms with van der Waals surface area (Å²) in [5.74, 6) is 0.931. The maximum Gasteiger partial charge on any atom is 0.119 e. The zero-order valence-electron chi connectivity index (χ0n) is 11.9. The van der Waals surface area contributed by atoms with E-state index in [1.165, 1.54) is 11.1 Å². The smallest absolute Gasteiger partial charge is 0.119 e. The third kappa shape index (κ3) is 4.36. The van der Waals surface area contributed by atoms with E-state index in [-0.39, 0.29) is 0 Å². The maximum absolute atomic E-state index is 5.73. The number of rotatable bonds is 6. The molecule has 2 aromatic rings. The summed E-state index contributed by atoms with van der Waals surface area (Å²) in [7, 11) is 0. The molecule has 0 spiro atoms. The Labute approximate surface area is 129 Å². The molecule has 0 bridgehead atoms. The van der Waals surface area contributed by atoms with Crippen LogP contribution in [0.3, 0.4) is 0 Å². The van der Waals surface area contributed by atoms with Crippen molar-refractivity contribution in [2.75, 3.05) is 13.2 Å². The predicted molar refractivity (Wildman–Crippen MR) is 87.2 cm³/mol. The largest absolute Gasteiger partial charge is 0.492 e. The molecule has 2 rings (SSSR count). The molecule has 3 heteroatoms. The van der Waals surface area contributed by atoms with Gasteiger partial charge in [0.1, 0.15) is 12.4 Å². The second kappa shape index (κ2) is 7.46. The lowest BCUT2D eigenvalue weighted by atomic mass is 10.1. The second-order valence-corrected chi connectivity index (χ2v) is 5.72. The van der Waals surface area contributed by atoms with Crippen molar-refractivity contribution in [3.63, 3.8) is 0 Å². The molecule has 0 aliphatic carbocycles. The van der Waals surface area contributed by atoms with Crippen molar-refractivity contribution in [1.82, 2.24) is 5.32 Å². The van der Waals surface area contributed by atoms with Crippen LogP contribution in [0.2, 0.25) is 0 Å². The molecule has 20 heavy (non-hydrogen) atoms. The average Bonchev–Trinajstić information content (AvgIpc) is 2.44. The fourth-order valence-electron chi connectivity index (χ4n) is 2.09. The Hall–Kier alpha value is -1.32. The summed E-state index contributed by atoms with van der Waals surface area (Å²) < 4.78 is 6.87. The number of hydrogen-bond donors (Lipinski definition) is 1. The van der Waals surface area contributed by atoms with Crippen LogP contribution < -0.4 is 10.1 Å². The van der Waals surface area contributed by atoms with Crippen LogP contribution in [0.25, 0.3) is 0 Å². The van der Waals surface area contributed by atoms with Gasteiger partial charge in [-0.1, -0.05) is 46.3 Å². The molecule has 1 unspecified atom stereocenters. The minimum atomic E-state index is 0.298. The number of nitrogens with one attached hydrogen (secondary N) is 1. The van der Waals surface area contributed by atoms with Crippen LogP contribution in [0.5, 0.6) is 5.75 Å². The van der Waals surface area contributed by atoms with Gasteiger partial charge in [0.05, 0.1) is 0 Å². The number of hydrogen-bond acceptors (Lipinski definition) is 2. The Bertz CT molecular complexity index is 556. The van der Waals surface area contributed by atoms with Gasteiger partial charge in [0.15, 0.2) is 0 Å². The van der Waals surface area contributed by atoms with Gasteiger partial charge in [-0.25, -0.2) is 0 Å². The van der Waals surface area contributed by atoms with Gasteiger partial charge in [-0.2, -0.15) is 0 Å². The van der Waals surface area contributed by atoms with E-state index in [9.17, 15) is 0 Å². The van der Waals surface area contributed by atoms with Crippen molar-refractivity contribution >= 4 is 15.9 Å². The summed E-state index contributed by atoms with van der Waals surface area (Å²) in [6.45, 7) is 5.71. The van der Waals surface area contributed by atoms with Crippen molar-refractivity contribution in [2.24, 2.45) is 0 Å². The highest BCUT2D eigenvalue weighted by Gasteiger charge is 2.07. The first kappa shape index (κ1) is 15.1. The lowest BCUT2D eigenvalue weighted by Gasteiger charge is -2.16. The standard InChI is InChI=1S/C17H20BrNO/c1-13-6-5-7-15(12-13)20-11-10-19-14(2)16-8-3-4-9-17(16)18/h3-9,12,14,19H,10-11H2,1-2H3. The highest BCUT2D eigenvalue weighted by Crippen LogP contribution is 2.22. The summed E-state index contributed by atoms with van der Waals surface area (Å²) in [4.78, 5) is 0. The highest BCUT2D eigenvalue weighted by molar-refractivity contribution is 9.10. The van der Waals surface area contributed by atoms with Crippen LogP contribution in [0, 0.1) is 6.92 Å². The fraction of sp³-hybridized carbons (Fsp3) is 0.294. The molecule has 0 fully saturated rings. The lowest BCUT2D eigenvalue weighted by molar-refractivity contribution is 0.307. The summed E-state index contributed by atoms with van der Waals surface area (Å²) in [6, 6.07) is 16.7. The number of benzene rings is 2. The first-order valence-electron chi connectivity index (χ1n) is 6.84. The monoisotopic (exact) mass is 333 g/mol. The first-order valence-corrected chi connectivity index (χ1v) is 7.63.